The highest BCUT2D eigenvalue weighted by atomic mass is 16.3. The second-order valence-corrected chi connectivity index (χ2v) is 3.25. The number of rotatable bonds is 7. The van der Waals surface area contributed by atoms with Crippen molar-refractivity contribution in [1.82, 2.24) is 4.90 Å². The Morgan fingerprint density at radius 3 is 2.00 bits per heavy atom. The molecule has 0 rings (SSSR count). The summed E-state index contributed by atoms with van der Waals surface area (Å²) in [7, 11) is 0. The van der Waals surface area contributed by atoms with E-state index < -0.39 is 6.10 Å². The lowest BCUT2D eigenvalue weighted by Crippen LogP contribution is -2.38. The topological polar surface area (TPSA) is 63.9 Å². The molecule has 0 aromatic rings. The maximum Gasteiger partial charge on any atom is 0.0897 e. The van der Waals surface area contributed by atoms with Gasteiger partial charge in [-0.25, -0.2) is 0 Å². The number of aliphatic hydroxyl groups is 3. The van der Waals surface area contributed by atoms with Crippen LogP contribution in [-0.2, 0) is 0 Å². The summed E-state index contributed by atoms with van der Waals surface area (Å²) < 4.78 is 0. The Hall–Kier alpha value is -0.160. The highest BCUT2D eigenvalue weighted by Crippen LogP contribution is 1.97. The monoisotopic (exact) mass is 191 g/mol. The van der Waals surface area contributed by atoms with Gasteiger partial charge < -0.3 is 15.3 Å². The molecule has 0 aromatic carbocycles. The third kappa shape index (κ3) is 5.99. The normalized spacial score (nSPS) is 16.2. The largest absolute Gasteiger partial charge is 0.394 e. The van der Waals surface area contributed by atoms with Gasteiger partial charge >= 0.3 is 0 Å². The van der Waals surface area contributed by atoms with E-state index in [0.717, 1.165) is 6.54 Å². The van der Waals surface area contributed by atoms with Crippen LogP contribution in [0.15, 0.2) is 0 Å². The maximum absolute atomic E-state index is 9.36. The summed E-state index contributed by atoms with van der Waals surface area (Å²) in [6.07, 6.45) is -0.332. The van der Waals surface area contributed by atoms with Crippen LogP contribution in [0.4, 0.5) is 0 Å². The first kappa shape index (κ1) is 12.8. The first-order valence-electron chi connectivity index (χ1n) is 4.83. The molecule has 0 aliphatic heterocycles. The Morgan fingerprint density at radius 1 is 1.08 bits per heavy atom. The number of aliphatic hydroxyl groups excluding tert-OH is 3. The first-order chi connectivity index (χ1) is 6.13. The molecule has 0 radical (unpaired) electrons. The minimum absolute atomic E-state index is 0.223. The van der Waals surface area contributed by atoms with Gasteiger partial charge in [0, 0.05) is 13.1 Å². The van der Waals surface area contributed by atoms with E-state index in [0.29, 0.717) is 19.5 Å². The van der Waals surface area contributed by atoms with E-state index in [9.17, 15) is 10.2 Å². The molecular formula is C9H21NO3. The predicted molar refractivity (Wildman–Crippen MR) is 51.5 cm³/mol. The van der Waals surface area contributed by atoms with Gasteiger partial charge in [0.25, 0.3) is 0 Å². The Labute approximate surface area is 79.8 Å². The zero-order valence-corrected chi connectivity index (χ0v) is 8.48. The number of hydrogen-bond acceptors (Lipinski definition) is 4. The molecule has 0 fully saturated rings. The highest BCUT2D eigenvalue weighted by molar-refractivity contribution is 4.66. The summed E-state index contributed by atoms with van der Waals surface area (Å²) in [6.45, 7) is 5.41. The summed E-state index contributed by atoms with van der Waals surface area (Å²) in [6, 6.07) is 0. The number of likely N-dealkylation sites (N-methyl/N-ethyl adjacent to an activating group) is 1. The van der Waals surface area contributed by atoms with Crippen LogP contribution in [0.2, 0.25) is 0 Å². The molecule has 0 bridgehead atoms. The smallest absolute Gasteiger partial charge is 0.0897 e. The molecule has 0 aromatic heterocycles. The minimum atomic E-state index is -0.705. The van der Waals surface area contributed by atoms with Crippen LogP contribution in [0.5, 0.6) is 0 Å². The first-order valence-corrected chi connectivity index (χ1v) is 4.83. The molecule has 0 saturated carbocycles. The SMILES string of the molecule is CCC(O)CN(CC)C[C@@H](O)CO. The average molecular weight is 191 g/mol. The van der Waals surface area contributed by atoms with Crippen molar-refractivity contribution in [2.75, 3.05) is 26.2 Å². The van der Waals surface area contributed by atoms with Crippen LogP contribution >= 0.6 is 0 Å². The van der Waals surface area contributed by atoms with Crippen LogP contribution in [0, 0.1) is 0 Å². The van der Waals surface area contributed by atoms with E-state index in [1.54, 1.807) is 0 Å². The lowest BCUT2D eigenvalue weighted by Gasteiger charge is -2.24. The summed E-state index contributed by atoms with van der Waals surface area (Å²) in [5.74, 6) is 0. The molecule has 1 unspecified atom stereocenters. The Bertz CT molecular complexity index is 109. The van der Waals surface area contributed by atoms with Crippen LogP contribution in [0.25, 0.3) is 0 Å². The van der Waals surface area contributed by atoms with E-state index in [1.807, 2.05) is 18.7 Å². The Balaban J connectivity index is 3.74. The maximum atomic E-state index is 9.36. The third-order valence-electron chi connectivity index (χ3n) is 2.07. The van der Waals surface area contributed by atoms with Crippen molar-refractivity contribution in [2.45, 2.75) is 32.5 Å². The van der Waals surface area contributed by atoms with Crippen molar-refractivity contribution in [3.8, 4) is 0 Å². The van der Waals surface area contributed by atoms with Gasteiger partial charge in [0.1, 0.15) is 0 Å². The lowest BCUT2D eigenvalue weighted by atomic mass is 10.2. The van der Waals surface area contributed by atoms with Crippen LogP contribution in [0.1, 0.15) is 20.3 Å². The molecule has 13 heavy (non-hydrogen) atoms. The van der Waals surface area contributed by atoms with Crippen molar-refractivity contribution in [1.29, 1.82) is 0 Å². The van der Waals surface area contributed by atoms with Crippen LogP contribution in [-0.4, -0.2) is 58.7 Å². The van der Waals surface area contributed by atoms with Crippen molar-refractivity contribution in [2.24, 2.45) is 0 Å². The van der Waals surface area contributed by atoms with Crippen LogP contribution in [0.3, 0.4) is 0 Å². The fraction of sp³-hybridized carbons (Fsp3) is 1.00. The minimum Gasteiger partial charge on any atom is -0.394 e. The molecular weight excluding hydrogens is 170 g/mol. The summed E-state index contributed by atoms with van der Waals surface area (Å²) in [5.41, 5.74) is 0. The molecule has 3 N–H and O–H groups in total. The molecule has 0 amide bonds. The van der Waals surface area contributed by atoms with E-state index in [4.69, 9.17) is 5.11 Å². The summed E-state index contributed by atoms with van der Waals surface area (Å²) in [4.78, 5) is 1.93. The molecule has 2 atom stereocenters. The highest BCUT2D eigenvalue weighted by Gasteiger charge is 2.12. The number of nitrogens with zero attached hydrogens (tertiary/aromatic N) is 1. The summed E-state index contributed by atoms with van der Waals surface area (Å²) in [5, 5.41) is 27.2. The van der Waals surface area contributed by atoms with Crippen molar-refractivity contribution in [3.05, 3.63) is 0 Å². The zero-order valence-electron chi connectivity index (χ0n) is 8.48. The fourth-order valence-electron chi connectivity index (χ4n) is 1.12. The Kier molecular flexibility index (Phi) is 7.17. The van der Waals surface area contributed by atoms with Gasteiger partial charge in [0.2, 0.25) is 0 Å². The Morgan fingerprint density at radius 2 is 1.62 bits per heavy atom. The van der Waals surface area contributed by atoms with Gasteiger partial charge in [-0.15, -0.1) is 0 Å². The molecule has 80 valence electrons. The van der Waals surface area contributed by atoms with Crippen LogP contribution < -0.4 is 0 Å². The fourth-order valence-corrected chi connectivity index (χ4v) is 1.12. The van der Waals surface area contributed by atoms with Gasteiger partial charge in [0.05, 0.1) is 18.8 Å². The average Bonchev–Trinajstić information content (AvgIpc) is 2.16. The lowest BCUT2D eigenvalue weighted by molar-refractivity contribution is 0.0407. The van der Waals surface area contributed by atoms with E-state index in [1.165, 1.54) is 0 Å². The zero-order chi connectivity index (χ0) is 10.3. The molecule has 0 aliphatic carbocycles. The second kappa shape index (κ2) is 7.26. The van der Waals surface area contributed by atoms with Gasteiger partial charge in [-0.05, 0) is 13.0 Å². The van der Waals surface area contributed by atoms with Gasteiger partial charge in [0.15, 0.2) is 0 Å². The van der Waals surface area contributed by atoms with Crippen molar-refractivity contribution in [3.63, 3.8) is 0 Å². The van der Waals surface area contributed by atoms with E-state index in [-0.39, 0.29) is 12.7 Å². The predicted octanol–water partition coefficient (Wildman–Crippen LogP) is -0.568. The van der Waals surface area contributed by atoms with Gasteiger partial charge in [-0.2, -0.15) is 0 Å². The standard InChI is InChI=1S/C9H21NO3/c1-3-8(12)5-10(4-2)6-9(13)7-11/h8-9,11-13H,3-7H2,1-2H3/t8?,9-/m1/s1. The molecule has 0 spiro atoms. The molecule has 0 heterocycles. The quantitative estimate of drug-likeness (QED) is 0.504. The molecule has 4 heteroatoms. The van der Waals surface area contributed by atoms with Gasteiger partial charge in [-0.1, -0.05) is 13.8 Å². The molecule has 0 aliphatic rings. The van der Waals surface area contributed by atoms with Gasteiger partial charge in [-0.3, -0.25) is 4.90 Å². The van der Waals surface area contributed by atoms with E-state index >= 15 is 0 Å². The third-order valence-corrected chi connectivity index (χ3v) is 2.07. The number of hydrogen-bond donors (Lipinski definition) is 3. The van der Waals surface area contributed by atoms with E-state index in [2.05, 4.69) is 0 Å². The molecule has 4 nitrogen and oxygen atoms in total. The second-order valence-electron chi connectivity index (χ2n) is 3.25. The molecule has 0 saturated heterocycles. The van der Waals surface area contributed by atoms with Crippen molar-refractivity contribution >= 4 is 0 Å². The summed E-state index contributed by atoms with van der Waals surface area (Å²) >= 11 is 0. The van der Waals surface area contributed by atoms with Crippen molar-refractivity contribution < 1.29 is 15.3 Å².